The summed E-state index contributed by atoms with van der Waals surface area (Å²) < 4.78 is 56.2. The maximum absolute atomic E-state index is 13.0. The number of anilines is 2. The Hall–Kier alpha value is -4.91. The van der Waals surface area contributed by atoms with Crippen molar-refractivity contribution >= 4 is 34.3 Å². The van der Waals surface area contributed by atoms with Gasteiger partial charge < -0.3 is 30.9 Å². The molecule has 4 rings (SSSR count). The first kappa shape index (κ1) is 28.7. The maximum atomic E-state index is 13.0. The van der Waals surface area contributed by atoms with E-state index >= 15 is 0 Å². The first-order valence-corrected chi connectivity index (χ1v) is 11.1. The van der Waals surface area contributed by atoms with E-state index in [9.17, 15) is 22.4 Å². The van der Waals surface area contributed by atoms with Crippen molar-refractivity contribution < 1.29 is 41.7 Å². The van der Waals surface area contributed by atoms with Gasteiger partial charge in [-0.3, -0.25) is 4.98 Å². The molecule has 1 aromatic heterocycles. The van der Waals surface area contributed by atoms with Crippen molar-refractivity contribution in [3.8, 4) is 17.2 Å². The molecule has 0 bridgehead atoms. The summed E-state index contributed by atoms with van der Waals surface area (Å²) in [4.78, 5) is 25.4. The molecule has 0 aliphatic carbocycles. The third kappa shape index (κ3) is 8.04. The number of pyridine rings is 1. The fraction of sp³-hybridized carbons (Fsp3) is 0.115. The standard InChI is InChI=1S/C24H21FN4O3.C2HF3O2/c1-31-23-13-20-21(12-15(23)14-26)27-11-10-22(20)32-19-8-6-18(7-9-19)29-24(30)28-17-4-2-16(25)3-5-17;3-2(4,5)1(6)7/h2-13H,14,26H2,1H3,(H2,28,29,30);(H,6,7). The van der Waals surface area contributed by atoms with E-state index in [4.69, 9.17) is 25.1 Å². The zero-order valence-electron chi connectivity index (χ0n) is 20.3. The largest absolute Gasteiger partial charge is 0.496 e. The third-order valence-electron chi connectivity index (χ3n) is 5.01. The summed E-state index contributed by atoms with van der Waals surface area (Å²) in [6.07, 6.45) is -3.42. The highest BCUT2D eigenvalue weighted by Crippen LogP contribution is 2.33. The lowest BCUT2D eigenvalue weighted by atomic mass is 10.1. The van der Waals surface area contributed by atoms with Crippen molar-refractivity contribution in [1.82, 2.24) is 4.98 Å². The molecular formula is C26H22F4N4O5. The average molecular weight is 546 g/mol. The fourth-order valence-electron chi connectivity index (χ4n) is 3.19. The van der Waals surface area contributed by atoms with Gasteiger partial charge in [0.2, 0.25) is 0 Å². The molecule has 0 aliphatic heterocycles. The number of aromatic nitrogens is 1. The van der Waals surface area contributed by atoms with Crippen molar-refractivity contribution in [1.29, 1.82) is 0 Å². The van der Waals surface area contributed by atoms with E-state index in [1.54, 1.807) is 43.6 Å². The summed E-state index contributed by atoms with van der Waals surface area (Å²) in [7, 11) is 1.59. The van der Waals surface area contributed by atoms with E-state index in [1.165, 1.54) is 24.3 Å². The highest BCUT2D eigenvalue weighted by Gasteiger charge is 2.38. The van der Waals surface area contributed by atoms with E-state index in [0.29, 0.717) is 35.2 Å². The van der Waals surface area contributed by atoms with Crippen LogP contribution in [0.1, 0.15) is 5.56 Å². The van der Waals surface area contributed by atoms with Gasteiger partial charge in [0.05, 0.1) is 12.6 Å². The zero-order valence-corrected chi connectivity index (χ0v) is 20.3. The molecule has 0 radical (unpaired) electrons. The van der Waals surface area contributed by atoms with Gasteiger partial charge in [0.15, 0.2) is 0 Å². The Kier molecular flexibility index (Phi) is 9.23. The number of amides is 2. The number of alkyl halides is 3. The number of fused-ring (bicyclic) bond motifs is 1. The average Bonchev–Trinajstić information content (AvgIpc) is 2.90. The number of carboxylic acids is 1. The van der Waals surface area contributed by atoms with E-state index < -0.39 is 18.2 Å². The predicted octanol–water partition coefficient (Wildman–Crippen LogP) is 5.91. The Balaban J connectivity index is 0.000000532. The summed E-state index contributed by atoms with van der Waals surface area (Å²) in [6, 6.07) is 17.5. The number of hydrogen-bond donors (Lipinski definition) is 4. The van der Waals surface area contributed by atoms with Crippen LogP contribution in [0.5, 0.6) is 17.2 Å². The molecule has 1 heterocycles. The number of nitrogens with two attached hydrogens (primary N) is 1. The van der Waals surface area contributed by atoms with Crippen molar-refractivity contribution in [2.24, 2.45) is 5.73 Å². The Morgan fingerprint density at radius 3 is 2.03 bits per heavy atom. The number of methoxy groups -OCH3 is 1. The van der Waals surface area contributed by atoms with Crippen molar-refractivity contribution in [2.75, 3.05) is 17.7 Å². The van der Waals surface area contributed by atoms with Crippen LogP contribution < -0.4 is 25.8 Å². The van der Waals surface area contributed by atoms with Crippen LogP contribution in [0, 0.1) is 5.82 Å². The molecule has 0 unspecified atom stereocenters. The van der Waals surface area contributed by atoms with Crippen LogP contribution in [0.3, 0.4) is 0 Å². The molecule has 204 valence electrons. The van der Waals surface area contributed by atoms with Gasteiger partial charge in [-0.1, -0.05) is 0 Å². The molecule has 39 heavy (non-hydrogen) atoms. The van der Waals surface area contributed by atoms with Crippen LogP contribution in [0.2, 0.25) is 0 Å². The second-order valence-electron chi connectivity index (χ2n) is 7.71. The monoisotopic (exact) mass is 546 g/mol. The molecule has 0 aliphatic rings. The van der Waals surface area contributed by atoms with Gasteiger partial charge in [0.1, 0.15) is 23.1 Å². The van der Waals surface area contributed by atoms with Crippen LogP contribution in [0.15, 0.2) is 72.9 Å². The molecule has 2 amide bonds. The van der Waals surface area contributed by atoms with Gasteiger partial charge in [-0.05, 0) is 66.7 Å². The number of carboxylic acid groups (broad SMARTS) is 1. The lowest BCUT2D eigenvalue weighted by Crippen LogP contribution is -2.21. The van der Waals surface area contributed by atoms with Crippen molar-refractivity contribution in [3.63, 3.8) is 0 Å². The summed E-state index contributed by atoms with van der Waals surface area (Å²) in [5.41, 5.74) is 8.46. The second kappa shape index (κ2) is 12.6. The van der Waals surface area contributed by atoms with Gasteiger partial charge >= 0.3 is 18.2 Å². The molecule has 0 saturated heterocycles. The number of carbonyl (C=O) groups excluding carboxylic acids is 1. The highest BCUT2D eigenvalue weighted by molar-refractivity contribution is 5.99. The smallest absolute Gasteiger partial charge is 0.490 e. The lowest BCUT2D eigenvalue weighted by molar-refractivity contribution is -0.192. The SMILES string of the molecule is COc1cc2c(Oc3ccc(NC(=O)Nc4ccc(F)cc4)cc3)ccnc2cc1CN.O=C(O)C(F)(F)F. The molecule has 3 aromatic carbocycles. The molecule has 5 N–H and O–H groups in total. The third-order valence-corrected chi connectivity index (χ3v) is 5.01. The minimum atomic E-state index is -5.08. The fourth-order valence-corrected chi connectivity index (χ4v) is 3.19. The number of aliphatic carboxylic acids is 1. The maximum Gasteiger partial charge on any atom is 0.490 e. The van der Waals surface area contributed by atoms with E-state index in [2.05, 4.69) is 15.6 Å². The topological polar surface area (TPSA) is 136 Å². The van der Waals surface area contributed by atoms with Gasteiger partial charge in [-0.15, -0.1) is 0 Å². The van der Waals surface area contributed by atoms with E-state index in [0.717, 1.165) is 16.5 Å². The van der Waals surface area contributed by atoms with Gasteiger partial charge in [0, 0.05) is 35.1 Å². The molecule has 0 saturated carbocycles. The summed E-state index contributed by atoms with van der Waals surface area (Å²) in [6.45, 7) is 0.342. The number of benzene rings is 3. The number of rotatable bonds is 6. The predicted molar refractivity (Wildman–Crippen MR) is 135 cm³/mol. The molecule has 0 fully saturated rings. The Morgan fingerprint density at radius 1 is 0.949 bits per heavy atom. The molecule has 0 spiro atoms. The Morgan fingerprint density at radius 2 is 1.51 bits per heavy atom. The van der Waals surface area contributed by atoms with Gasteiger partial charge in [-0.25, -0.2) is 14.0 Å². The first-order valence-electron chi connectivity index (χ1n) is 11.1. The second-order valence-corrected chi connectivity index (χ2v) is 7.71. The number of carbonyl (C=O) groups is 2. The molecule has 13 heteroatoms. The highest BCUT2D eigenvalue weighted by atomic mass is 19.4. The lowest BCUT2D eigenvalue weighted by Gasteiger charge is -2.13. The van der Waals surface area contributed by atoms with Crippen LogP contribution in [0.4, 0.5) is 33.7 Å². The van der Waals surface area contributed by atoms with Crippen LogP contribution in [-0.2, 0) is 11.3 Å². The number of halogens is 4. The minimum absolute atomic E-state index is 0.342. The van der Waals surface area contributed by atoms with Crippen molar-refractivity contribution in [3.05, 3.63) is 84.3 Å². The number of nitrogens with zero attached hydrogens (tertiary/aromatic N) is 1. The van der Waals surface area contributed by atoms with E-state index in [-0.39, 0.29) is 5.82 Å². The van der Waals surface area contributed by atoms with E-state index in [1.807, 2.05) is 12.1 Å². The molecule has 4 aromatic rings. The normalized spacial score (nSPS) is 10.7. The summed E-state index contributed by atoms with van der Waals surface area (Å²) in [5, 5.41) is 13.3. The minimum Gasteiger partial charge on any atom is -0.496 e. The van der Waals surface area contributed by atoms with Crippen LogP contribution in [0.25, 0.3) is 10.9 Å². The molecule has 0 atom stereocenters. The van der Waals surface area contributed by atoms with Gasteiger partial charge in [0.25, 0.3) is 0 Å². The van der Waals surface area contributed by atoms with Gasteiger partial charge in [-0.2, -0.15) is 13.2 Å². The summed E-state index contributed by atoms with van der Waals surface area (Å²) >= 11 is 0. The Labute approximate surface area is 219 Å². The number of hydrogen-bond acceptors (Lipinski definition) is 6. The molecular weight excluding hydrogens is 524 g/mol. The number of ether oxygens (including phenoxy) is 2. The molecule has 9 nitrogen and oxygen atoms in total. The quantitative estimate of drug-likeness (QED) is 0.221. The zero-order chi connectivity index (χ0) is 28.6. The van der Waals surface area contributed by atoms with Crippen molar-refractivity contribution in [2.45, 2.75) is 12.7 Å². The summed E-state index contributed by atoms with van der Waals surface area (Å²) in [5.74, 6) is -1.25. The number of nitrogens with one attached hydrogen (secondary N) is 2. The Bertz CT molecular complexity index is 1450. The number of urea groups is 1. The first-order chi connectivity index (χ1) is 18.5. The van der Waals surface area contributed by atoms with Crippen LogP contribution in [-0.4, -0.2) is 35.4 Å². The van der Waals surface area contributed by atoms with Crippen LogP contribution >= 0.6 is 0 Å².